The molecular weight excluding hydrogens is 641 g/mol. The molecule has 0 saturated heterocycles. The van der Waals surface area contributed by atoms with Gasteiger partial charge in [0.15, 0.2) is 0 Å². The summed E-state index contributed by atoms with van der Waals surface area (Å²) >= 11 is 0. The maximum atomic E-state index is 2.47. The van der Waals surface area contributed by atoms with Gasteiger partial charge >= 0.3 is 0 Å². The Kier molecular flexibility index (Phi) is 10.7. The van der Waals surface area contributed by atoms with Crippen LogP contribution >= 0.6 is 0 Å². The highest BCUT2D eigenvalue weighted by Gasteiger charge is 2.28. The maximum Gasteiger partial charge on any atom is 0.0641 e. The van der Waals surface area contributed by atoms with Crippen LogP contribution in [-0.2, 0) is 5.41 Å². The first-order chi connectivity index (χ1) is 25.4. The molecule has 0 N–H and O–H groups in total. The van der Waals surface area contributed by atoms with Crippen LogP contribution in [0.1, 0.15) is 91.8 Å². The van der Waals surface area contributed by atoms with Gasteiger partial charge in [0.2, 0.25) is 0 Å². The third kappa shape index (κ3) is 7.30. The van der Waals surface area contributed by atoms with Crippen molar-refractivity contribution in [1.82, 2.24) is 9.13 Å². The monoisotopic (exact) mass is 698 g/mol. The number of para-hydroxylation sites is 2. The molecule has 8 rings (SSSR count). The zero-order valence-electron chi connectivity index (χ0n) is 33.9. The van der Waals surface area contributed by atoms with Crippen LogP contribution in [0.3, 0.4) is 0 Å². The van der Waals surface area contributed by atoms with E-state index in [2.05, 4.69) is 199 Å². The number of hydrogen-bond donors (Lipinski definition) is 0. The zero-order chi connectivity index (χ0) is 38.1. The van der Waals surface area contributed by atoms with E-state index in [1.807, 2.05) is 13.8 Å². The summed E-state index contributed by atoms with van der Waals surface area (Å²) in [5.74, 6) is 0. The maximum absolute atomic E-state index is 2.47. The average molecular weight is 699 g/mol. The number of rotatable bonds is 5. The van der Waals surface area contributed by atoms with Crippen LogP contribution in [0.25, 0.3) is 66.1 Å². The molecule has 6 aromatic carbocycles. The topological polar surface area (TPSA) is 9.86 Å². The molecule has 0 fully saturated rings. The second kappa shape index (κ2) is 15.1. The normalized spacial score (nSPS) is 11.8. The van der Waals surface area contributed by atoms with Crippen molar-refractivity contribution in [1.29, 1.82) is 0 Å². The van der Waals surface area contributed by atoms with Crippen LogP contribution in [0.2, 0.25) is 0 Å². The molecule has 0 spiro atoms. The number of nitrogens with zero attached hydrogens (tertiary/aromatic N) is 2. The number of aromatic nitrogens is 2. The predicted molar refractivity (Wildman–Crippen MR) is 234 cm³/mol. The van der Waals surface area contributed by atoms with E-state index in [1.165, 1.54) is 89.2 Å². The first kappa shape index (κ1) is 37.7. The Morgan fingerprint density at radius 1 is 0.491 bits per heavy atom. The van der Waals surface area contributed by atoms with Gasteiger partial charge in [0.05, 0.1) is 22.1 Å². The van der Waals surface area contributed by atoms with Crippen LogP contribution in [0, 0.1) is 19.3 Å². The molecule has 2 heterocycles. The summed E-state index contributed by atoms with van der Waals surface area (Å²) in [6.45, 7) is 24.5. The van der Waals surface area contributed by atoms with E-state index in [0.717, 1.165) is 6.42 Å². The molecule has 2 aromatic heterocycles. The molecule has 0 bridgehead atoms. The molecule has 0 radical (unpaired) electrons. The third-order valence-corrected chi connectivity index (χ3v) is 10.00. The smallest absolute Gasteiger partial charge is 0.0641 e. The van der Waals surface area contributed by atoms with Crippen molar-refractivity contribution >= 4 is 43.6 Å². The van der Waals surface area contributed by atoms with E-state index >= 15 is 0 Å². The van der Waals surface area contributed by atoms with Crippen molar-refractivity contribution in [3.63, 3.8) is 0 Å². The summed E-state index contributed by atoms with van der Waals surface area (Å²) < 4.78 is 4.94. The predicted octanol–water partition coefficient (Wildman–Crippen LogP) is 15.3. The van der Waals surface area contributed by atoms with Gasteiger partial charge in [-0.1, -0.05) is 159 Å². The fraction of sp³-hybridized carbons (Fsp3) is 0.294. The third-order valence-electron chi connectivity index (χ3n) is 10.00. The van der Waals surface area contributed by atoms with Gasteiger partial charge in [0.25, 0.3) is 0 Å². The minimum atomic E-state index is 0.0740. The Hall–Kier alpha value is -5.08. The first-order valence-electron chi connectivity index (χ1n) is 19.7. The molecule has 2 heteroatoms. The van der Waals surface area contributed by atoms with Crippen LogP contribution in [0.15, 0.2) is 127 Å². The van der Waals surface area contributed by atoms with Gasteiger partial charge in [-0.2, -0.15) is 0 Å². The Bertz CT molecular complexity index is 2530. The van der Waals surface area contributed by atoms with Gasteiger partial charge in [-0.05, 0) is 95.8 Å². The fourth-order valence-corrected chi connectivity index (χ4v) is 8.41. The van der Waals surface area contributed by atoms with Gasteiger partial charge in [0.1, 0.15) is 0 Å². The van der Waals surface area contributed by atoms with Gasteiger partial charge in [-0.15, -0.1) is 0 Å². The lowest BCUT2D eigenvalue weighted by Gasteiger charge is -2.33. The molecule has 272 valence electrons. The van der Waals surface area contributed by atoms with Crippen molar-refractivity contribution < 1.29 is 0 Å². The van der Waals surface area contributed by atoms with E-state index in [-0.39, 0.29) is 10.8 Å². The molecule has 0 aliphatic heterocycles. The molecule has 0 saturated carbocycles. The van der Waals surface area contributed by atoms with Crippen molar-refractivity contribution in [3.8, 4) is 22.5 Å². The molecule has 2 nitrogen and oxygen atoms in total. The SMILES string of the molecule is CC.CCC.Cc1cccc(-n2c3ccccc3c3ccc4c(c5ccccc5n4-c4cccc(-c5cc(C)cc(C(C)(C)CC(C)(C)C)c5)c4)c32)c1. The molecule has 0 aliphatic rings. The Labute approximate surface area is 318 Å². The highest BCUT2D eigenvalue weighted by molar-refractivity contribution is 6.26. The van der Waals surface area contributed by atoms with Crippen molar-refractivity contribution in [2.45, 2.75) is 94.4 Å². The molecule has 8 aromatic rings. The first-order valence-corrected chi connectivity index (χ1v) is 19.7. The summed E-state index contributed by atoms with van der Waals surface area (Å²) in [5.41, 5.74) is 14.1. The lowest BCUT2D eigenvalue weighted by Crippen LogP contribution is -2.25. The number of benzene rings is 6. The van der Waals surface area contributed by atoms with Gasteiger partial charge < -0.3 is 9.13 Å². The lowest BCUT2D eigenvalue weighted by atomic mass is 9.71. The van der Waals surface area contributed by atoms with E-state index in [1.54, 1.807) is 0 Å². The zero-order valence-corrected chi connectivity index (χ0v) is 33.9. The van der Waals surface area contributed by atoms with E-state index < -0.39 is 0 Å². The quantitative estimate of drug-likeness (QED) is 0.169. The average Bonchev–Trinajstić information content (AvgIpc) is 3.65. The standard InChI is InChI=1S/C46H44N2.C3H8.C2H6/c1-30-14-12-16-35(26-30)48-40-20-10-8-18-37(40)38-22-23-42-43(44(38)48)39-19-9-11-21-41(39)47(42)36-17-13-15-32(28-36)33-24-31(2)25-34(27-33)46(6,7)29-45(3,4)5;1-3-2;1-2/h8-28H,29H2,1-7H3;3H2,1-2H3;1-2H3. The molecule has 0 atom stereocenters. The second-order valence-electron chi connectivity index (χ2n) is 16.4. The van der Waals surface area contributed by atoms with Crippen molar-refractivity contribution in [2.24, 2.45) is 5.41 Å². The summed E-state index contributed by atoms with van der Waals surface area (Å²) in [6, 6.07) is 47.5. The van der Waals surface area contributed by atoms with E-state index in [0.29, 0.717) is 0 Å². The van der Waals surface area contributed by atoms with Gasteiger partial charge in [0, 0.05) is 32.9 Å². The Balaban J connectivity index is 0.000000916. The van der Waals surface area contributed by atoms with Crippen molar-refractivity contribution in [3.05, 3.63) is 144 Å². The summed E-state index contributed by atoms with van der Waals surface area (Å²) in [4.78, 5) is 0. The van der Waals surface area contributed by atoms with E-state index in [4.69, 9.17) is 0 Å². The lowest BCUT2D eigenvalue weighted by molar-refractivity contribution is 0.284. The number of fused-ring (bicyclic) bond motifs is 7. The summed E-state index contributed by atoms with van der Waals surface area (Å²) in [6.07, 6.45) is 2.37. The van der Waals surface area contributed by atoms with Crippen LogP contribution in [-0.4, -0.2) is 9.13 Å². The molecule has 0 aliphatic carbocycles. The number of hydrogen-bond acceptors (Lipinski definition) is 0. The minimum absolute atomic E-state index is 0.0740. The van der Waals surface area contributed by atoms with Crippen LogP contribution in [0.4, 0.5) is 0 Å². The summed E-state index contributed by atoms with van der Waals surface area (Å²) in [5, 5.41) is 5.11. The van der Waals surface area contributed by atoms with Crippen LogP contribution in [0.5, 0.6) is 0 Å². The molecule has 53 heavy (non-hydrogen) atoms. The molecule has 0 unspecified atom stereocenters. The highest BCUT2D eigenvalue weighted by Crippen LogP contribution is 2.43. The largest absolute Gasteiger partial charge is 0.309 e. The minimum Gasteiger partial charge on any atom is -0.309 e. The van der Waals surface area contributed by atoms with Gasteiger partial charge in [-0.25, -0.2) is 0 Å². The summed E-state index contributed by atoms with van der Waals surface area (Å²) in [7, 11) is 0. The molecular formula is C51H58N2. The van der Waals surface area contributed by atoms with Crippen molar-refractivity contribution in [2.75, 3.05) is 0 Å². The Morgan fingerprint density at radius 2 is 1.09 bits per heavy atom. The second-order valence-corrected chi connectivity index (χ2v) is 16.4. The van der Waals surface area contributed by atoms with Gasteiger partial charge in [-0.3, -0.25) is 0 Å². The fourth-order valence-electron chi connectivity index (χ4n) is 8.41. The number of aryl methyl sites for hydroxylation is 2. The highest BCUT2D eigenvalue weighted by atomic mass is 15.0. The Morgan fingerprint density at radius 3 is 1.75 bits per heavy atom. The molecule has 0 amide bonds. The van der Waals surface area contributed by atoms with E-state index in [9.17, 15) is 0 Å². The van der Waals surface area contributed by atoms with Crippen LogP contribution < -0.4 is 0 Å².